The van der Waals surface area contributed by atoms with E-state index in [0.717, 1.165) is 16.7 Å². The van der Waals surface area contributed by atoms with Crippen LogP contribution in [0.5, 0.6) is 0 Å². The average Bonchev–Trinajstić information content (AvgIpc) is 2.80. The first-order valence-corrected chi connectivity index (χ1v) is 9.43. The maximum absolute atomic E-state index is 12.9. The van der Waals surface area contributed by atoms with Crippen molar-refractivity contribution in [3.8, 4) is 11.1 Å². The van der Waals surface area contributed by atoms with Crippen molar-refractivity contribution in [3.05, 3.63) is 88.9 Å². The fraction of sp³-hybridized carbons (Fsp3) is 0.130. The molecule has 0 saturated heterocycles. The van der Waals surface area contributed by atoms with Crippen molar-refractivity contribution in [3.63, 3.8) is 0 Å². The molecule has 0 aromatic heterocycles. The molecule has 28 heavy (non-hydrogen) atoms. The molecule has 3 aromatic rings. The molecule has 3 aromatic carbocycles. The van der Waals surface area contributed by atoms with E-state index in [4.69, 9.17) is 11.6 Å². The number of likely N-dealkylation sites (N-methyl/N-ethyl adjacent to an activating group) is 1. The maximum atomic E-state index is 12.9. The van der Waals surface area contributed by atoms with Gasteiger partial charge in [-0.2, -0.15) is 0 Å². The molecule has 0 bridgehead atoms. The van der Waals surface area contributed by atoms with Crippen LogP contribution in [-0.2, 0) is 11.2 Å². The maximum Gasteiger partial charge on any atom is 0.254 e. The van der Waals surface area contributed by atoms with Crippen LogP contribution in [0.15, 0.2) is 72.8 Å². The quantitative estimate of drug-likeness (QED) is 0.723. The third-order valence-electron chi connectivity index (χ3n) is 5.00. The molecule has 0 radical (unpaired) electrons. The Labute approximate surface area is 168 Å². The zero-order chi connectivity index (χ0) is 19.7. The largest absolute Gasteiger partial charge is 0.340 e. The highest BCUT2D eigenvalue weighted by molar-refractivity contribution is 6.31. The van der Waals surface area contributed by atoms with Crippen molar-refractivity contribution in [2.24, 2.45) is 0 Å². The van der Waals surface area contributed by atoms with E-state index in [-0.39, 0.29) is 11.8 Å². The van der Waals surface area contributed by atoms with Crippen LogP contribution in [0, 0.1) is 0 Å². The predicted octanol–water partition coefficient (Wildman–Crippen LogP) is 4.32. The molecule has 1 N–H and O–H groups in total. The number of halogens is 1. The van der Waals surface area contributed by atoms with Gasteiger partial charge in [-0.15, -0.1) is 0 Å². The number of rotatable bonds is 3. The molecular weight excluding hydrogens is 372 g/mol. The van der Waals surface area contributed by atoms with Crippen molar-refractivity contribution < 1.29 is 9.59 Å². The van der Waals surface area contributed by atoms with Crippen molar-refractivity contribution >= 4 is 29.1 Å². The standard InChI is InChI=1S/C23H19ClN2O2/c1-26-21-12-11-18(24)14-19(21)22(27)25-20(23(26)28)13-15-7-9-17(10-8-15)16-5-3-2-4-6-16/h2-12,14,20H,13H2,1H3,(H,25,27). The Hall–Kier alpha value is -3.11. The monoisotopic (exact) mass is 390 g/mol. The molecule has 0 fully saturated rings. The van der Waals surface area contributed by atoms with Crippen molar-refractivity contribution in [1.82, 2.24) is 5.32 Å². The highest BCUT2D eigenvalue weighted by Crippen LogP contribution is 2.27. The summed E-state index contributed by atoms with van der Waals surface area (Å²) >= 11 is 6.03. The summed E-state index contributed by atoms with van der Waals surface area (Å²) in [6.45, 7) is 0. The zero-order valence-corrected chi connectivity index (χ0v) is 16.1. The van der Waals surface area contributed by atoms with Crippen molar-refractivity contribution in [2.75, 3.05) is 11.9 Å². The Balaban J connectivity index is 1.57. The van der Waals surface area contributed by atoms with Crippen LogP contribution in [0.25, 0.3) is 11.1 Å². The lowest BCUT2D eigenvalue weighted by Gasteiger charge is -2.21. The lowest BCUT2D eigenvalue weighted by Crippen LogP contribution is -2.45. The van der Waals surface area contributed by atoms with Gasteiger partial charge in [-0.25, -0.2) is 0 Å². The second-order valence-corrected chi connectivity index (χ2v) is 7.29. The molecule has 2 amide bonds. The summed E-state index contributed by atoms with van der Waals surface area (Å²) in [6.07, 6.45) is 0.422. The van der Waals surface area contributed by atoms with E-state index in [1.807, 2.05) is 42.5 Å². The Morgan fingerprint density at radius 2 is 1.61 bits per heavy atom. The fourth-order valence-electron chi connectivity index (χ4n) is 3.47. The molecule has 5 heteroatoms. The molecule has 4 nitrogen and oxygen atoms in total. The second-order valence-electron chi connectivity index (χ2n) is 6.85. The Morgan fingerprint density at radius 3 is 2.32 bits per heavy atom. The first kappa shape index (κ1) is 18.3. The van der Waals surface area contributed by atoms with Gasteiger partial charge in [0.2, 0.25) is 5.91 Å². The summed E-state index contributed by atoms with van der Waals surface area (Å²) in [5.41, 5.74) is 4.20. The van der Waals surface area contributed by atoms with E-state index in [1.165, 1.54) is 4.90 Å². The topological polar surface area (TPSA) is 49.4 Å². The fourth-order valence-corrected chi connectivity index (χ4v) is 3.64. The van der Waals surface area contributed by atoms with Crippen LogP contribution in [0.2, 0.25) is 5.02 Å². The summed E-state index contributed by atoms with van der Waals surface area (Å²) < 4.78 is 0. The third kappa shape index (κ3) is 3.51. The van der Waals surface area contributed by atoms with Crippen molar-refractivity contribution in [2.45, 2.75) is 12.5 Å². The molecule has 1 aliphatic rings. The van der Waals surface area contributed by atoms with Gasteiger partial charge in [0.1, 0.15) is 6.04 Å². The minimum Gasteiger partial charge on any atom is -0.340 e. The average molecular weight is 391 g/mol. The number of anilines is 1. The molecule has 0 spiro atoms. The molecule has 1 heterocycles. The molecule has 0 saturated carbocycles. The molecule has 140 valence electrons. The highest BCUT2D eigenvalue weighted by atomic mass is 35.5. The van der Waals surface area contributed by atoms with E-state index in [9.17, 15) is 9.59 Å². The predicted molar refractivity (Wildman–Crippen MR) is 112 cm³/mol. The van der Waals surface area contributed by atoms with E-state index in [2.05, 4.69) is 17.4 Å². The number of hydrogen-bond acceptors (Lipinski definition) is 2. The first-order valence-electron chi connectivity index (χ1n) is 9.05. The minimum absolute atomic E-state index is 0.151. The van der Waals surface area contributed by atoms with Crippen LogP contribution in [-0.4, -0.2) is 24.9 Å². The summed E-state index contributed by atoms with van der Waals surface area (Å²) in [7, 11) is 1.68. The van der Waals surface area contributed by atoms with Gasteiger partial charge in [-0.3, -0.25) is 9.59 Å². The van der Waals surface area contributed by atoms with E-state index in [1.54, 1.807) is 25.2 Å². The SMILES string of the molecule is CN1C(=O)C(Cc2ccc(-c3ccccc3)cc2)NC(=O)c2cc(Cl)ccc21. The number of nitrogens with zero attached hydrogens (tertiary/aromatic N) is 1. The van der Waals surface area contributed by atoms with Crippen LogP contribution in [0.4, 0.5) is 5.69 Å². The summed E-state index contributed by atoms with van der Waals surface area (Å²) in [5.74, 6) is -0.442. The number of fused-ring (bicyclic) bond motifs is 1. The molecule has 1 aliphatic heterocycles. The number of nitrogens with one attached hydrogen (secondary N) is 1. The number of hydrogen-bond donors (Lipinski definition) is 1. The number of carbonyl (C=O) groups is 2. The smallest absolute Gasteiger partial charge is 0.254 e. The first-order chi connectivity index (χ1) is 13.5. The number of carbonyl (C=O) groups excluding carboxylic acids is 2. The lowest BCUT2D eigenvalue weighted by atomic mass is 10.00. The Morgan fingerprint density at radius 1 is 0.929 bits per heavy atom. The molecule has 1 atom stereocenters. The van der Waals surface area contributed by atoms with Crippen LogP contribution in [0.1, 0.15) is 15.9 Å². The summed E-state index contributed by atoms with van der Waals surface area (Å²) in [5, 5.41) is 3.31. The van der Waals surface area contributed by atoms with Crippen LogP contribution >= 0.6 is 11.6 Å². The van der Waals surface area contributed by atoms with Gasteiger partial charge < -0.3 is 10.2 Å². The number of amides is 2. The number of benzene rings is 3. The minimum atomic E-state index is -0.633. The third-order valence-corrected chi connectivity index (χ3v) is 5.23. The normalized spacial score (nSPS) is 16.4. The molecule has 1 unspecified atom stereocenters. The molecular formula is C23H19ClN2O2. The van der Waals surface area contributed by atoms with E-state index < -0.39 is 6.04 Å². The molecule has 0 aliphatic carbocycles. The van der Waals surface area contributed by atoms with Gasteiger partial charge in [0.25, 0.3) is 5.91 Å². The second kappa shape index (κ2) is 7.49. The summed E-state index contributed by atoms with van der Waals surface area (Å²) in [6, 6.07) is 22.5. The van der Waals surface area contributed by atoms with Crippen LogP contribution in [0.3, 0.4) is 0 Å². The molecule has 4 rings (SSSR count). The lowest BCUT2D eigenvalue weighted by molar-refractivity contribution is -0.120. The Kier molecular flexibility index (Phi) is 4.88. The highest BCUT2D eigenvalue weighted by Gasteiger charge is 2.31. The van der Waals surface area contributed by atoms with Gasteiger partial charge in [0.15, 0.2) is 0 Å². The van der Waals surface area contributed by atoms with Gasteiger partial charge in [0, 0.05) is 18.5 Å². The Bertz CT molecular complexity index is 1030. The van der Waals surface area contributed by atoms with E-state index >= 15 is 0 Å². The van der Waals surface area contributed by atoms with Gasteiger partial charge in [-0.05, 0) is 34.9 Å². The van der Waals surface area contributed by atoms with E-state index in [0.29, 0.717) is 22.7 Å². The van der Waals surface area contributed by atoms with Crippen molar-refractivity contribution in [1.29, 1.82) is 0 Å². The zero-order valence-electron chi connectivity index (χ0n) is 15.4. The summed E-state index contributed by atoms with van der Waals surface area (Å²) in [4.78, 5) is 27.1. The van der Waals surface area contributed by atoms with Gasteiger partial charge in [0.05, 0.1) is 11.3 Å². The van der Waals surface area contributed by atoms with Gasteiger partial charge >= 0.3 is 0 Å². The van der Waals surface area contributed by atoms with Crippen LogP contribution < -0.4 is 10.2 Å². The van der Waals surface area contributed by atoms with Gasteiger partial charge in [-0.1, -0.05) is 66.2 Å².